The molecule has 1 amide bonds. The fraction of sp³-hybridized carbons (Fsp3) is 0.464. The van der Waals surface area contributed by atoms with Crippen LogP contribution in [-0.4, -0.2) is 77.0 Å². The Morgan fingerprint density at radius 2 is 1.75 bits per heavy atom. The van der Waals surface area contributed by atoms with E-state index >= 15 is 0 Å². The Hall–Kier alpha value is -3.09. The molecule has 4 rings (SSSR count). The van der Waals surface area contributed by atoms with Crippen molar-refractivity contribution in [3.63, 3.8) is 0 Å². The highest BCUT2D eigenvalue weighted by Crippen LogP contribution is 2.62. The quantitative estimate of drug-likeness (QED) is 0.166. The summed E-state index contributed by atoms with van der Waals surface area (Å²) in [5, 5.41) is 0. The number of methoxy groups -OCH3 is 3. The van der Waals surface area contributed by atoms with Gasteiger partial charge in [-0.3, -0.25) is 18.6 Å². The van der Waals surface area contributed by atoms with Crippen LogP contribution in [0.1, 0.15) is 31.2 Å². The maximum absolute atomic E-state index is 14.2. The standard InChI is InChI=1S/C28H33NO9S2/c1-35-22-12-11-19(17-23(22)36-2)28-14-13-20(30)18-27(28,26(32)37-3)24(38-40(4,33)34)25(31)29(28)15-8-16-39-21-9-6-5-7-10-21/h5-7,9-12,17,24H,8,13-16,18H2,1-4H3/t24-,27-,28+/m0/s1. The maximum atomic E-state index is 14.2. The smallest absolute Gasteiger partial charge is 0.318 e. The van der Waals surface area contributed by atoms with Gasteiger partial charge in [-0.25, -0.2) is 0 Å². The molecule has 1 saturated heterocycles. The van der Waals surface area contributed by atoms with E-state index in [1.54, 1.807) is 30.0 Å². The van der Waals surface area contributed by atoms with Gasteiger partial charge in [0, 0.05) is 24.3 Å². The van der Waals surface area contributed by atoms with E-state index in [2.05, 4.69) is 0 Å². The molecule has 1 saturated carbocycles. The summed E-state index contributed by atoms with van der Waals surface area (Å²) >= 11 is 1.61. The van der Waals surface area contributed by atoms with Gasteiger partial charge in [-0.05, 0) is 48.4 Å². The lowest BCUT2D eigenvalue weighted by molar-refractivity contribution is -0.172. The molecule has 0 aromatic heterocycles. The van der Waals surface area contributed by atoms with E-state index in [0.717, 1.165) is 18.3 Å². The summed E-state index contributed by atoms with van der Waals surface area (Å²) in [5.74, 6) is -0.444. The monoisotopic (exact) mass is 591 g/mol. The minimum atomic E-state index is -4.22. The Labute approximate surface area is 238 Å². The summed E-state index contributed by atoms with van der Waals surface area (Å²) in [5.41, 5.74) is -2.91. The third-order valence-electron chi connectivity index (χ3n) is 7.60. The van der Waals surface area contributed by atoms with Gasteiger partial charge in [0.2, 0.25) is 0 Å². The number of carbonyl (C=O) groups excluding carboxylic acids is 3. The van der Waals surface area contributed by atoms with Crippen molar-refractivity contribution in [2.24, 2.45) is 5.41 Å². The Bertz CT molecular complexity index is 1380. The van der Waals surface area contributed by atoms with Crippen molar-refractivity contribution in [3.8, 4) is 11.5 Å². The first-order valence-electron chi connectivity index (χ1n) is 12.7. The first-order chi connectivity index (χ1) is 19.0. The van der Waals surface area contributed by atoms with Gasteiger partial charge in [0.25, 0.3) is 16.0 Å². The summed E-state index contributed by atoms with van der Waals surface area (Å²) in [6, 6.07) is 14.8. The van der Waals surface area contributed by atoms with Gasteiger partial charge in [0.1, 0.15) is 11.2 Å². The lowest BCUT2D eigenvalue weighted by Gasteiger charge is -2.51. The molecule has 0 radical (unpaired) electrons. The van der Waals surface area contributed by atoms with Gasteiger partial charge in [-0.15, -0.1) is 11.8 Å². The average molecular weight is 592 g/mol. The minimum absolute atomic E-state index is 0.0671. The average Bonchev–Trinajstić information content (AvgIpc) is 3.14. The van der Waals surface area contributed by atoms with E-state index in [4.69, 9.17) is 18.4 Å². The number of hydrogen-bond acceptors (Lipinski definition) is 10. The third kappa shape index (κ3) is 5.19. The molecule has 10 nitrogen and oxygen atoms in total. The number of likely N-dealkylation sites (tertiary alicyclic amines) is 1. The maximum Gasteiger partial charge on any atom is 0.318 e. The molecule has 0 bridgehead atoms. The summed E-state index contributed by atoms with van der Waals surface area (Å²) in [7, 11) is -0.122. The van der Waals surface area contributed by atoms with Crippen molar-refractivity contribution in [2.45, 2.75) is 42.2 Å². The molecule has 12 heteroatoms. The van der Waals surface area contributed by atoms with E-state index in [1.807, 2.05) is 30.3 Å². The first kappa shape index (κ1) is 29.9. The second-order valence-corrected chi connectivity index (χ2v) is 12.6. The summed E-state index contributed by atoms with van der Waals surface area (Å²) in [6.07, 6.45) is -0.729. The van der Waals surface area contributed by atoms with Gasteiger partial charge in [0.05, 0.1) is 33.1 Å². The molecule has 2 aromatic carbocycles. The largest absolute Gasteiger partial charge is 0.493 e. The normalized spacial score (nSPS) is 24.5. The number of benzene rings is 2. The summed E-state index contributed by atoms with van der Waals surface area (Å²) in [6.45, 7) is 0.184. The first-order valence-corrected chi connectivity index (χ1v) is 15.5. The minimum Gasteiger partial charge on any atom is -0.493 e. The van der Waals surface area contributed by atoms with Crippen LogP contribution in [0.25, 0.3) is 0 Å². The second-order valence-electron chi connectivity index (χ2n) is 9.79. The molecule has 1 heterocycles. The van der Waals surface area contributed by atoms with E-state index in [1.165, 1.54) is 19.1 Å². The number of carbonyl (C=O) groups is 3. The summed E-state index contributed by atoms with van der Waals surface area (Å²) in [4.78, 5) is 43.5. The van der Waals surface area contributed by atoms with Gasteiger partial charge >= 0.3 is 5.97 Å². The molecule has 2 aromatic rings. The highest BCUT2D eigenvalue weighted by Gasteiger charge is 2.76. The van der Waals surface area contributed by atoms with Crippen molar-refractivity contribution >= 4 is 39.5 Å². The van der Waals surface area contributed by atoms with Crippen molar-refractivity contribution < 1.29 is 41.2 Å². The van der Waals surface area contributed by atoms with Crippen LogP contribution in [0.5, 0.6) is 11.5 Å². The van der Waals surface area contributed by atoms with E-state index in [0.29, 0.717) is 29.2 Å². The molecule has 0 N–H and O–H groups in total. The number of ether oxygens (including phenoxy) is 3. The van der Waals surface area contributed by atoms with Crippen LogP contribution in [0.4, 0.5) is 0 Å². The number of fused-ring (bicyclic) bond motifs is 1. The highest BCUT2D eigenvalue weighted by molar-refractivity contribution is 7.99. The van der Waals surface area contributed by atoms with Crippen LogP contribution in [-0.2, 0) is 39.0 Å². The van der Waals surface area contributed by atoms with Crippen molar-refractivity contribution in [3.05, 3.63) is 54.1 Å². The van der Waals surface area contributed by atoms with Crippen molar-refractivity contribution in [2.75, 3.05) is 39.9 Å². The Morgan fingerprint density at radius 1 is 1.05 bits per heavy atom. The number of thioether (sulfide) groups is 1. The number of nitrogens with zero attached hydrogens (tertiary/aromatic N) is 1. The number of ketones is 1. The molecule has 0 unspecified atom stereocenters. The van der Waals surface area contributed by atoms with Gasteiger partial charge in [-0.2, -0.15) is 8.42 Å². The van der Waals surface area contributed by atoms with Crippen molar-refractivity contribution in [1.29, 1.82) is 0 Å². The number of amides is 1. The second kappa shape index (κ2) is 11.8. The Balaban J connectivity index is 1.88. The molecule has 216 valence electrons. The van der Waals surface area contributed by atoms with E-state index in [-0.39, 0.29) is 25.2 Å². The fourth-order valence-corrected chi connectivity index (χ4v) is 7.48. The molecule has 1 aliphatic carbocycles. The van der Waals surface area contributed by atoms with Crippen LogP contribution >= 0.6 is 11.8 Å². The van der Waals surface area contributed by atoms with Crippen LogP contribution in [0.3, 0.4) is 0 Å². The third-order valence-corrected chi connectivity index (χ3v) is 9.24. The molecular formula is C28H33NO9S2. The molecular weight excluding hydrogens is 558 g/mol. The van der Waals surface area contributed by atoms with Gasteiger partial charge < -0.3 is 19.1 Å². The molecule has 3 atom stereocenters. The lowest BCUT2D eigenvalue weighted by atomic mass is 9.57. The number of hydrogen-bond donors (Lipinski definition) is 0. The van der Waals surface area contributed by atoms with E-state index < -0.39 is 45.5 Å². The summed E-state index contributed by atoms with van der Waals surface area (Å²) < 4.78 is 46.4. The van der Waals surface area contributed by atoms with Gasteiger partial charge in [-0.1, -0.05) is 24.3 Å². The molecule has 2 aliphatic rings. The predicted octanol–water partition coefficient (Wildman–Crippen LogP) is 3.18. The van der Waals surface area contributed by atoms with Crippen LogP contribution in [0, 0.1) is 5.41 Å². The van der Waals surface area contributed by atoms with Crippen LogP contribution in [0.15, 0.2) is 53.4 Å². The highest BCUT2D eigenvalue weighted by atomic mass is 32.2. The predicted molar refractivity (Wildman–Crippen MR) is 148 cm³/mol. The van der Waals surface area contributed by atoms with Crippen LogP contribution < -0.4 is 9.47 Å². The lowest BCUT2D eigenvalue weighted by Crippen LogP contribution is -2.61. The molecule has 2 fully saturated rings. The molecule has 0 spiro atoms. The van der Waals surface area contributed by atoms with Crippen molar-refractivity contribution in [1.82, 2.24) is 4.90 Å². The Kier molecular flexibility index (Phi) is 8.81. The number of Topliss-reactive ketones (excluding diaryl/α,β-unsaturated/α-hetero) is 1. The zero-order valence-electron chi connectivity index (χ0n) is 22.9. The fourth-order valence-electron chi connectivity index (χ4n) is 6.02. The molecule has 1 aliphatic heterocycles. The SMILES string of the molecule is COC(=O)[C@@]12CC(=O)CC[C@]1(c1ccc(OC)c(OC)c1)N(CCCSc1ccccc1)C(=O)[C@@H]2OS(C)(=O)=O. The van der Waals surface area contributed by atoms with Crippen LogP contribution in [0.2, 0.25) is 0 Å². The Morgan fingerprint density at radius 3 is 2.38 bits per heavy atom. The number of rotatable bonds is 11. The zero-order chi connectivity index (χ0) is 29.1. The van der Waals surface area contributed by atoms with Gasteiger partial charge in [0.15, 0.2) is 17.6 Å². The molecule has 40 heavy (non-hydrogen) atoms. The zero-order valence-corrected chi connectivity index (χ0v) is 24.5. The number of esters is 1. The topological polar surface area (TPSA) is 126 Å². The van der Waals surface area contributed by atoms with E-state index in [9.17, 15) is 22.8 Å².